The Hall–Kier alpha value is -3.85. The quantitative estimate of drug-likeness (QED) is 0.485. The van der Waals surface area contributed by atoms with Crippen LogP contribution in [0.1, 0.15) is 21.5 Å². The molecule has 0 bridgehead atoms. The van der Waals surface area contributed by atoms with Crippen molar-refractivity contribution in [2.75, 3.05) is 23.8 Å². The molecule has 0 radical (unpaired) electrons. The van der Waals surface area contributed by atoms with Crippen LogP contribution in [0.3, 0.4) is 0 Å². The molecule has 0 aliphatic heterocycles. The van der Waals surface area contributed by atoms with Crippen LogP contribution in [0.2, 0.25) is 0 Å². The first-order chi connectivity index (χ1) is 15.7. The van der Waals surface area contributed by atoms with Crippen molar-refractivity contribution < 1.29 is 27.5 Å². The molecule has 33 heavy (non-hydrogen) atoms. The van der Waals surface area contributed by atoms with E-state index in [2.05, 4.69) is 10.0 Å². The summed E-state index contributed by atoms with van der Waals surface area (Å²) in [5, 5.41) is 2.66. The Morgan fingerprint density at radius 3 is 2.24 bits per heavy atom. The number of rotatable bonds is 8. The Morgan fingerprint density at radius 2 is 1.58 bits per heavy atom. The second-order valence-corrected chi connectivity index (χ2v) is 8.97. The van der Waals surface area contributed by atoms with E-state index in [4.69, 9.17) is 9.47 Å². The maximum Gasteiger partial charge on any atom is 0.338 e. The highest BCUT2D eigenvalue weighted by Crippen LogP contribution is 2.20. The largest absolute Gasteiger partial charge is 0.497 e. The highest BCUT2D eigenvalue weighted by atomic mass is 32.2. The van der Waals surface area contributed by atoms with E-state index in [1.165, 1.54) is 31.4 Å². The van der Waals surface area contributed by atoms with Crippen molar-refractivity contribution in [2.24, 2.45) is 0 Å². The minimum Gasteiger partial charge on any atom is -0.497 e. The number of ether oxygens (including phenoxy) is 2. The number of aryl methyl sites for hydroxylation is 2. The summed E-state index contributed by atoms with van der Waals surface area (Å²) in [6.45, 7) is 3.38. The molecule has 0 aliphatic rings. The fourth-order valence-electron chi connectivity index (χ4n) is 2.89. The van der Waals surface area contributed by atoms with Gasteiger partial charge in [0.1, 0.15) is 5.75 Å². The molecular formula is C24H24N2O6S. The first-order valence-corrected chi connectivity index (χ1v) is 11.5. The molecule has 1 amide bonds. The Labute approximate surface area is 192 Å². The molecule has 2 N–H and O–H groups in total. The van der Waals surface area contributed by atoms with E-state index in [0.29, 0.717) is 17.1 Å². The van der Waals surface area contributed by atoms with Gasteiger partial charge in [-0.15, -0.1) is 0 Å². The van der Waals surface area contributed by atoms with Crippen LogP contribution in [0.4, 0.5) is 11.4 Å². The number of sulfonamides is 1. The number of hydrogen-bond donors (Lipinski definition) is 2. The van der Waals surface area contributed by atoms with Gasteiger partial charge in [0.05, 0.1) is 17.6 Å². The number of benzene rings is 3. The van der Waals surface area contributed by atoms with Crippen molar-refractivity contribution in [2.45, 2.75) is 18.7 Å². The normalized spacial score (nSPS) is 10.9. The highest BCUT2D eigenvalue weighted by Gasteiger charge is 2.18. The summed E-state index contributed by atoms with van der Waals surface area (Å²) in [5.74, 6) is -0.729. The third-order valence-electron chi connectivity index (χ3n) is 4.85. The van der Waals surface area contributed by atoms with Crippen LogP contribution in [-0.4, -0.2) is 34.0 Å². The zero-order valence-corrected chi connectivity index (χ0v) is 19.2. The van der Waals surface area contributed by atoms with Gasteiger partial charge in [0.15, 0.2) is 6.61 Å². The zero-order valence-electron chi connectivity index (χ0n) is 18.4. The molecule has 0 saturated heterocycles. The van der Waals surface area contributed by atoms with E-state index in [1.54, 1.807) is 30.3 Å². The topological polar surface area (TPSA) is 111 Å². The average molecular weight is 469 g/mol. The van der Waals surface area contributed by atoms with Crippen LogP contribution in [0.5, 0.6) is 5.75 Å². The van der Waals surface area contributed by atoms with Crippen molar-refractivity contribution in [1.29, 1.82) is 0 Å². The predicted molar refractivity (Wildman–Crippen MR) is 125 cm³/mol. The molecule has 0 saturated carbocycles. The lowest BCUT2D eigenvalue weighted by Gasteiger charge is -2.10. The SMILES string of the molecule is COc1ccc(NS(=O)(=O)c2cccc(C(=O)OCC(=O)Nc3ccc(C)c(C)c3)c2)cc1. The van der Waals surface area contributed by atoms with Crippen LogP contribution in [0.25, 0.3) is 0 Å². The van der Waals surface area contributed by atoms with E-state index in [-0.39, 0.29) is 10.5 Å². The van der Waals surface area contributed by atoms with E-state index in [1.807, 2.05) is 26.0 Å². The highest BCUT2D eigenvalue weighted by molar-refractivity contribution is 7.92. The number of esters is 1. The molecule has 0 fully saturated rings. The van der Waals surface area contributed by atoms with Crippen LogP contribution in [-0.2, 0) is 19.6 Å². The monoisotopic (exact) mass is 468 g/mol. The van der Waals surface area contributed by atoms with Crippen molar-refractivity contribution >= 4 is 33.3 Å². The first kappa shape index (κ1) is 23.8. The van der Waals surface area contributed by atoms with Crippen LogP contribution in [0, 0.1) is 13.8 Å². The molecule has 0 atom stereocenters. The molecule has 0 spiro atoms. The lowest BCUT2D eigenvalue weighted by atomic mass is 10.1. The minimum atomic E-state index is -3.95. The van der Waals surface area contributed by atoms with Gasteiger partial charge < -0.3 is 14.8 Å². The van der Waals surface area contributed by atoms with Gasteiger partial charge in [0.25, 0.3) is 15.9 Å². The Balaban J connectivity index is 1.63. The molecule has 0 aromatic heterocycles. The van der Waals surface area contributed by atoms with Gasteiger partial charge in [-0.3, -0.25) is 9.52 Å². The number of amides is 1. The van der Waals surface area contributed by atoms with Gasteiger partial charge in [0, 0.05) is 11.4 Å². The maximum atomic E-state index is 12.7. The van der Waals surface area contributed by atoms with Gasteiger partial charge in [-0.1, -0.05) is 12.1 Å². The second-order valence-electron chi connectivity index (χ2n) is 7.29. The summed E-state index contributed by atoms with van der Waals surface area (Å²) in [6.07, 6.45) is 0. The van der Waals surface area contributed by atoms with Crippen LogP contribution >= 0.6 is 0 Å². The summed E-state index contributed by atoms with van der Waals surface area (Å²) in [5.41, 5.74) is 3.05. The van der Waals surface area contributed by atoms with E-state index in [9.17, 15) is 18.0 Å². The fraction of sp³-hybridized carbons (Fsp3) is 0.167. The molecule has 0 aliphatic carbocycles. The van der Waals surface area contributed by atoms with Crippen molar-refractivity contribution in [3.63, 3.8) is 0 Å². The first-order valence-electron chi connectivity index (χ1n) is 9.99. The second kappa shape index (κ2) is 10.2. The number of hydrogen-bond acceptors (Lipinski definition) is 6. The van der Waals surface area contributed by atoms with E-state index in [0.717, 1.165) is 11.1 Å². The average Bonchev–Trinajstić information content (AvgIpc) is 2.80. The minimum absolute atomic E-state index is 0.00610. The van der Waals surface area contributed by atoms with Crippen molar-refractivity contribution in [1.82, 2.24) is 0 Å². The Bertz CT molecular complexity index is 1270. The third-order valence-corrected chi connectivity index (χ3v) is 6.23. The molecule has 172 valence electrons. The maximum absolute atomic E-state index is 12.7. The van der Waals surface area contributed by atoms with Gasteiger partial charge in [-0.25, -0.2) is 13.2 Å². The third kappa shape index (κ3) is 6.33. The zero-order chi connectivity index (χ0) is 24.0. The van der Waals surface area contributed by atoms with Gasteiger partial charge in [-0.05, 0) is 79.6 Å². The predicted octanol–water partition coefficient (Wildman–Crippen LogP) is 3.91. The van der Waals surface area contributed by atoms with Crippen molar-refractivity contribution in [3.05, 3.63) is 83.4 Å². The van der Waals surface area contributed by atoms with E-state index < -0.39 is 28.5 Å². The molecule has 3 rings (SSSR count). The smallest absolute Gasteiger partial charge is 0.338 e. The van der Waals surface area contributed by atoms with E-state index >= 15 is 0 Å². The molecule has 3 aromatic carbocycles. The molecule has 8 nitrogen and oxygen atoms in total. The van der Waals surface area contributed by atoms with Crippen LogP contribution in [0.15, 0.2) is 71.6 Å². The lowest BCUT2D eigenvalue weighted by molar-refractivity contribution is -0.119. The number of nitrogens with one attached hydrogen (secondary N) is 2. The summed E-state index contributed by atoms with van der Waals surface area (Å²) >= 11 is 0. The lowest BCUT2D eigenvalue weighted by Crippen LogP contribution is -2.21. The summed E-state index contributed by atoms with van der Waals surface area (Å²) in [4.78, 5) is 24.4. The van der Waals surface area contributed by atoms with Gasteiger partial charge in [0.2, 0.25) is 0 Å². The Kier molecular flexibility index (Phi) is 7.34. The fourth-order valence-corrected chi connectivity index (χ4v) is 4.00. The number of carbonyl (C=O) groups is 2. The molecule has 3 aromatic rings. The molecule has 9 heteroatoms. The number of anilines is 2. The number of carbonyl (C=O) groups excluding carboxylic acids is 2. The van der Waals surface area contributed by atoms with Gasteiger partial charge in [-0.2, -0.15) is 0 Å². The molecular weight excluding hydrogens is 444 g/mol. The summed E-state index contributed by atoms with van der Waals surface area (Å²) in [6, 6.07) is 17.2. The Morgan fingerprint density at radius 1 is 0.879 bits per heavy atom. The summed E-state index contributed by atoms with van der Waals surface area (Å²) < 4.78 is 37.9. The standard InChI is InChI=1S/C24H24N2O6S/c1-16-7-8-20(13-17(16)2)25-23(27)15-32-24(28)18-5-4-6-22(14-18)33(29,30)26-19-9-11-21(31-3)12-10-19/h4-14,26H,15H2,1-3H3,(H,25,27). The summed E-state index contributed by atoms with van der Waals surface area (Å²) in [7, 11) is -2.44. The molecule has 0 heterocycles. The van der Waals surface area contributed by atoms with Crippen molar-refractivity contribution in [3.8, 4) is 5.75 Å². The van der Waals surface area contributed by atoms with Crippen LogP contribution < -0.4 is 14.8 Å². The molecule has 0 unspecified atom stereocenters. The van der Waals surface area contributed by atoms with Gasteiger partial charge >= 0.3 is 5.97 Å². The number of methoxy groups -OCH3 is 1.